The van der Waals surface area contributed by atoms with Crippen LogP contribution in [0.2, 0.25) is 0 Å². The second kappa shape index (κ2) is 5.86. The average molecular weight is 302 g/mol. The Kier molecular flexibility index (Phi) is 4.06. The van der Waals surface area contributed by atoms with Crippen LogP contribution in [0.3, 0.4) is 0 Å². The molecule has 0 saturated carbocycles. The van der Waals surface area contributed by atoms with E-state index in [-0.39, 0.29) is 11.9 Å². The molecule has 0 aromatic carbocycles. The van der Waals surface area contributed by atoms with Crippen LogP contribution in [0.15, 0.2) is 12.4 Å². The van der Waals surface area contributed by atoms with Gasteiger partial charge in [-0.1, -0.05) is 13.8 Å². The van der Waals surface area contributed by atoms with Gasteiger partial charge in [-0.15, -0.1) is 0 Å². The van der Waals surface area contributed by atoms with E-state index in [1.165, 1.54) is 12.8 Å². The number of carbonyl (C=O) groups is 1. The van der Waals surface area contributed by atoms with E-state index >= 15 is 0 Å². The van der Waals surface area contributed by atoms with Crippen molar-refractivity contribution in [3.63, 3.8) is 0 Å². The summed E-state index contributed by atoms with van der Waals surface area (Å²) in [5.74, 6) is 1.12. The van der Waals surface area contributed by atoms with Crippen molar-refractivity contribution in [2.75, 3.05) is 24.5 Å². The minimum Gasteiger partial charge on any atom is -0.355 e. The molecule has 0 spiro atoms. The third kappa shape index (κ3) is 2.94. The highest BCUT2D eigenvalue weighted by Gasteiger charge is 2.34. The molecule has 1 unspecified atom stereocenters. The SMILES string of the molecule is CC(=O)N1CCCC1c1nccnc1N1CCCC(C)(C)C1. The van der Waals surface area contributed by atoms with Crippen LogP contribution in [0.5, 0.6) is 0 Å². The topological polar surface area (TPSA) is 49.3 Å². The predicted molar refractivity (Wildman–Crippen MR) is 86.6 cm³/mol. The molecule has 1 atom stereocenters. The molecule has 22 heavy (non-hydrogen) atoms. The van der Waals surface area contributed by atoms with Gasteiger partial charge in [-0.05, 0) is 31.1 Å². The van der Waals surface area contributed by atoms with Crippen LogP contribution in [0, 0.1) is 5.41 Å². The van der Waals surface area contributed by atoms with E-state index in [4.69, 9.17) is 0 Å². The molecule has 1 aromatic heterocycles. The van der Waals surface area contributed by atoms with Crippen molar-refractivity contribution in [2.24, 2.45) is 5.41 Å². The van der Waals surface area contributed by atoms with E-state index in [0.29, 0.717) is 5.41 Å². The predicted octanol–water partition coefficient (Wildman–Crippen LogP) is 2.79. The first-order chi connectivity index (χ1) is 10.5. The molecule has 120 valence electrons. The summed E-state index contributed by atoms with van der Waals surface area (Å²) in [7, 11) is 0. The number of anilines is 1. The van der Waals surface area contributed by atoms with Gasteiger partial charge in [0.1, 0.15) is 5.69 Å². The molecule has 2 saturated heterocycles. The Morgan fingerprint density at radius 1 is 1.23 bits per heavy atom. The van der Waals surface area contributed by atoms with E-state index in [1.807, 2.05) is 4.90 Å². The Bertz CT molecular complexity index is 557. The number of amides is 1. The zero-order valence-electron chi connectivity index (χ0n) is 13.9. The Morgan fingerprint density at radius 2 is 2.00 bits per heavy atom. The minimum atomic E-state index is 0.0891. The zero-order valence-corrected chi connectivity index (χ0v) is 13.9. The first-order valence-corrected chi connectivity index (χ1v) is 8.31. The molecule has 5 heteroatoms. The van der Waals surface area contributed by atoms with Crippen LogP contribution in [-0.2, 0) is 4.79 Å². The van der Waals surface area contributed by atoms with E-state index < -0.39 is 0 Å². The molecule has 3 rings (SSSR count). The van der Waals surface area contributed by atoms with Crippen molar-refractivity contribution < 1.29 is 4.79 Å². The fourth-order valence-corrected chi connectivity index (χ4v) is 3.85. The molecule has 2 fully saturated rings. The summed E-state index contributed by atoms with van der Waals surface area (Å²) >= 11 is 0. The summed E-state index contributed by atoms with van der Waals surface area (Å²) in [6.45, 7) is 9.15. The molecular formula is C17H26N4O. The maximum absolute atomic E-state index is 11.9. The zero-order chi connectivity index (χ0) is 15.7. The second-order valence-electron chi connectivity index (χ2n) is 7.32. The largest absolute Gasteiger partial charge is 0.355 e. The van der Waals surface area contributed by atoms with E-state index in [1.54, 1.807) is 19.3 Å². The van der Waals surface area contributed by atoms with Crippen LogP contribution in [0.4, 0.5) is 5.82 Å². The fraction of sp³-hybridized carbons (Fsp3) is 0.706. The minimum absolute atomic E-state index is 0.0891. The van der Waals surface area contributed by atoms with Crippen LogP contribution in [-0.4, -0.2) is 40.4 Å². The van der Waals surface area contributed by atoms with Gasteiger partial charge in [0.05, 0.1) is 6.04 Å². The normalized spacial score (nSPS) is 24.6. The highest BCUT2D eigenvalue weighted by atomic mass is 16.2. The Morgan fingerprint density at radius 3 is 2.73 bits per heavy atom. The standard InChI is InChI=1S/C17H26N4O/c1-13(22)21-11-4-6-14(21)15-16(19-9-8-18-15)20-10-5-7-17(2,3)12-20/h8-9,14H,4-7,10-12H2,1-3H3. The maximum Gasteiger partial charge on any atom is 0.220 e. The molecule has 0 bridgehead atoms. The van der Waals surface area contributed by atoms with Gasteiger partial charge in [0.2, 0.25) is 5.91 Å². The first-order valence-electron chi connectivity index (χ1n) is 8.31. The average Bonchev–Trinajstić information content (AvgIpc) is 2.95. The lowest BCUT2D eigenvalue weighted by Gasteiger charge is -2.39. The van der Waals surface area contributed by atoms with Gasteiger partial charge in [-0.3, -0.25) is 9.78 Å². The Balaban J connectivity index is 1.91. The molecule has 1 aromatic rings. The summed E-state index contributed by atoms with van der Waals surface area (Å²) < 4.78 is 0. The molecule has 2 aliphatic heterocycles. The van der Waals surface area contributed by atoms with E-state index in [9.17, 15) is 4.79 Å². The van der Waals surface area contributed by atoms with Gasteiger partial charge in [0, 0.05) is 39.0 Å². The number of hydrogen-bond acceptors (Lipinski definition) is 4. The number of nitrogens with zero attached hydrogens (tertiary/aromatic N) is 4. The molecule has 0 aliphatic carbocycles. The van der Waals surface area contributed by atoms with Crippen LogP contribution >= 0.6 is 0 Å². The first kappa shape index (κ1) is 15.3. The number of rotatable bonds is 2. The van der Waals surface area contributed by atoms with Crippen LogP contribution in [0.25, 0.3) is 0 Å². The third-order valence-corrected chi connectivity index (χ3v) is 4.88. The van der Waals surface area contributed by atoms with Crippen molar-refractivity contribution in [3.8, 4) is 0 Å². The highest BCUT2D eigenvalue weighted by molar-refractivity contribution is 5.74. The lowest BCUT2D eigenvalue weighted by Crippen LogP contribution is -2.41. The van der Waals surface area contributed by atoms with E-state index in [2.05, 4.69) is 28.7 Å². The molecule has 5 nitrogen and oxygen atoms in total. The quantitative estimate of drug-likeness (QED) is 0.843. The maximum atomic E-state index is 11.9. The number of aromatic nitrogens is 2. The fourth-order valence-electron chi connectivity index (χ4n) is 3.85. The molecule has 0 N–H and O–H groups in total. The third-order valence-electron chi connectivity index (χ3n) is 4.88. The summed E-state index contributed by atoms with van der Waals surface area (Å²) in [5, 5.41) is 0. The molecule has 2 aliphatic rings. The lowest BCUT2D eigenvalue weighted by molar-refractivity contribution is -0.129. The van der Waals surface area contributed by atoms with Crippen molar-refractivity contribution in [3.05, 3.63) is 18.1 Å². The van der Waals surface area contributed by atoms with Gasteiger partial charge in [0.15, 0.2) is 5.82 Å². The summed E-state index contributed by atoms with van der Waals surface area (Å²) in [5.41, 5.74) is 1.29. The van der Waals surface area contributed by atoms with Crippen LogP contribution in [0.1, 0.15) is 58.2 Å². The Labute approximate surface area is 132 Å². The number of carbonyl (C=O) groups excluding carboxylic acids is 1. The highest BCUT2D eigenvalue weighted by Crippen LogP contribution is 2.37. The number of hydrogen-bond donors (Lipinski definition) is 0. The lowest BCUT2D eigenvalue weighted by atomic mass is 9.84. The summed E-state index contributed by atoms with van der Waals surface area (Å²) in [6, 6.07) is 0.0891. The van der Waals surface area contributed by atoms with Crippen LogP contribution < -0.4 is 4.90 Å². The van der Waals surface area contributed by atoms with E-state index in [0.717, 1.165) is 44.0 Å². The molecule has 3 heterocycles. The van der Waals surface area contributed by atoms with Gasteiger partial charge in [-0.25, -0.2) is 4.98 Å². The molecule has 0 radical (unpaired) electrons. The number of piperidine rings is 1. The number of likely N-dealkylation sites (tertiary alicyclic amines) is 1. The van der Waals surface area contributed by atoms with Gasteiger partial charge >= 0.3 is 0 Å². The van der Waals surface area contributed by atoms with Gasteiger partial charge < -0.3 is 9.80 Å². The Hall–Kier alpha value is -1.65. The summed E-state index contributed by atoms with van der Waals surface area (Å²) in [6.07, 6.45) is 8.00. The van der Waals surface area contributed by atoms with Crippen molar-refractivity contribution in [1.29, 1.82) is 0 Å². The monoisotopic (exact) mass is 302 g/mol. The molecule has 1 amide bonds. The summed E-state index contributed by atoms with van der Waals surface area (Å²) in [4.78, 5) is 25.4. The van der Waals surface area contributed by atoms with Gasteiger partial charge in [-0.2, -0.15) is 0 Å². The second-order valence-corrected chi connectivity index (χ2v) is 7.32. The van der Waals surface area contributed by atoms with Crippen molar-refractivity contribution in [1.82, 2.24) is 14.9 Å². The van der Waals surface area contributed by atoms with Gasteiger partial charge in [0.25, 0.3) is 0 Å². The van der Waals surface area contributed by atoms with Crippen molar-refractivity contribution >= 4 is 11.7 Å². The van der Waals surface area contributed by atoms with Crippen molar-refractivity contribution in [2.45, 2.75) is 52.5 Å². The molecular weight excluding hydrogens is 276 g/mol. The smallest absolute Gasteiger partial charge is 0.220 e.